The Morgan fingerprint density at radius 1 is 1.35 bits per heavy atom. The van der Waals surface area contributed by atoms with Crippen molar-refractivity contribution < 1.29 is 9.50 Å². The molecule has 0 atom stereocenters. The van der Waals surface area contributed by atoms with Crippen molar-refractivity contribution in [1.82, 2.24) is 10.2 Å². The Morgan fingerprint density at radius 3 is 3.00 bits per heavy atom. The number of nitrogens with one attached hydrogen (secondary N) is 1. The van der Waals surface area contributed by atoms with Gasteiger partial charge in [-0.3, -0.25) is 4.90 Å². The maximum absolute atomic E-state index is 13.4. The van der Waals surface area contributed by atoms with E-state index >= 15 is 0 Å². The molecule has 0 spiro atoms. The zero-order valence-electron chi connectivity index (χ0n) is 10.2. The predicted molar refractivity (Wildman–Crippen MR) is 65.6 cm³/mol. The van der Waals surface area contributed by atoms with Crippen LogP contribution in [-0.4, -0.2) is 36.2 Å². The first-order valence-electron chi connectivity index (χ1n) is 6.08. The Morgan fingerprint density at radius 2 is 2.18 bits per heavy atom. The highest BCUT2D eigenvalue weighted by Crippen LogP contribution is 2.24. The van der Waals surface area contributed by atoms with Crippen LogP contribution in [-0.2, 0) is 6.54 Å². The molecule has 1 aromatic rings. The summed E-state index contributed by atoms with van der Waals surface area (Å²) < 4.78 is 13.4. The van der Waals surface area contributed by atoms with Gasteiger partial charge in [-0.25, -0.2) is 4.39 Å². The van der Waals surface area contributed by atoms with Gasteiger partial charge in [0.15, 0.2) is 11.6 Å². The first-order chi connectivity index (χ1) is 8.16. The third-order valence-electron chi connectivity index (χ3n) is 3.11. The van der Waals surface area contributed by atoms with E-state index in [0.29, 0.717) is 12.1 Å². The average molecular weight is 238 g/mol. The van der Waals surface area contributed by atoms with E-state index in [-0.39, 0.29) is 5.75 Å². The maximum Gasteiger partial charge on any atom is 0.165 e. The number of hydrogen-bond donors (Lipinski definition) is 2. The monoisotopic (exact) mass is 238 g/mol. The lowest BCUT2D eigenvalue weighted by molar-refractivity contribution is 0.278. The normalized spacial score (nSPS) is 18.0. The molecule has 0 aliphatic carbocycles. The van der Waals surface area contributed by atoms with Crippen molar-refractivity contribution in [2.75, 3.05) is 26.2 Å². The predicted octanol–water partition coefficient (Wildman–Crippen LogP) is 1.64. The summed E-state index contributed by atoms with van der Waals surface area (Å²) in [4.78, 5) is 2.24. The molecule has 1 fully saturated rings. The summed E-state index contributed by atoms with van der Waals surface area (Å²) >= 11 is 0. The van der Waals surface area contributed by atoms with E-state index in [9.17, 15) is 9.50 Å². The third-order valence-corrected chi connectivity index (χ3v) is 3.11. The first kappa shape index (κ1) is 12.3. The Kier molecular flexibility index (Phi) is 3.97. The highest BCUT2D eigenvalue weighted by molar-refractivity contribution is 5.37. The fraction of sp³-hybridized carbons (Fsp3) is 0.538. The van der Waals surface area contributed by atoms with Crippen LogP contribution in [0.4, 0.5) is 4.39 Å². The van der Waals surface area contributed by atoms with Crippen molar-refractivity contribution in [2.45, 2.75) is 19.9 Å². The molecule has 0 amide bonds. The second-order valence-corrected chi connectivity index (χ2v) is 4.63. The molecule has 4 heteroatoms. The van der Waals surface area contributed by atoms with Crippen molar-refractivity contribution >= 4 is 0 Å². The van der Waals surface area contributed by atoms with Gasteiger partial charge in [-0.1, -0.05) is 6.07 Å². The molecule has 3 nitrogen and oxygen atoms in total. The summed E-state index contributed by atoms with van der Waals surface area (Å²) in [5, 5.41) is 13.0. The summed E-state index contributed by atoms with van der Waals surface area (Å²) in [6.07, 6.45) is 1.09. The summed E-state index contributed by atoms with van der Waals surface area (Å²) in [5.41, 5.74) is 1.53. The van der Waals surface area contributed by atoms with Gasteiger partial charge >= 0.3 is 0 Å². The van der Waals surface area contributed by atoms with Crippen molar-refractivity contribution in [3.63, 3.8) is 0 Å². The Labute approximate surface area is 101 Å². The molecule has 2 rings (SSSR count). The summed E-state index contributed by atoms with van der Waals surface area (Å²) in [6, 6.07) is 3.22. The molecule has 0 radical (unpaired) electrons. The van der Waals surface area contributed by atoms with Crippen LogP contribution in [0, 0.1) is 12.7 Å². The van der Waals surface area contributed by atoms with Crippen molar-refractivity contribution in [1.29, 1.82) is 0 Å². The molecule has 0 saturated carbocycles. The zero-order valence-corrected chi connectivity index (χ0v) is 10.2. The highest BCUT2D eigenvalue weighted by Gasteiger charge is 2.14. The van der Waals surface area contributed by atoms with Crippen LogP contribution in [0.2, 0.25) is 0 Å². The Balaban J connectivity index is 2.11. The molecule has 1 aliphatic heterocycles. The van der Waals surface area contributed by atoms with Crippen LogP contribution in [0.5, 0.6) is 5.75 Å². The molecular weight excluding hydrogens is 219 g/mol. The van der Waals surface area contributed by atoms with Crippen LogP contribution in [0.1, 0.15) is 17.5 Å². The van der Waals surface area contributed by atoms with Crippen LogP contribution in [0.15, 0.2) is 12.1 Å². The Bertz CT molecular complexity index is 387. The molecule has 2 N–H and O–H groups in total. The third kappa shape index (κ3) is 3.17. The van der Waals surface area contributed by atoms with E-state index in [1.54, 1.807) is 0 Å². The van der Waals surface area contributed by atoms with E-state index in [2.05, 4.69) is 10.2 Å². The van der Waals surface area contributed by atoms with Crippen molar-refractivity contribution in [3.8, 4) is 5.75 Å². The number of benzene rings is 1. The van der Waals surface area contributed by atoms with Crippen LogP contribution >= 0.6 is 0 Å². The van der Waals surface area contributed by atoms with Gasteiger partial charge in [-0.05, 0) is 38.1 Å². The number of aromatic hydroxyl groups is 1. The maximum atomic E-state index is 13.4. The van der Waals surface area contributed by atoms with Gasteiger partial charge in [0, 0.05) is 25.2 Å². The lowest BCUT2D eigenvalue weighted by atomic mass is 10.1. The van der Waals surface area contributed by atoms with Crippen LogP contribution in [0.25, 0.3) is 0 Å². The van der Waals surface area contributed by atoms with Gasteiger partial charge in [0.1, 0.15) is 0 Å². The second kappa shape index (κ2) is 5.47. The van der Waals surface area contributed by atoms with E-state index in [1.165, 1.54) is 6.07 Å². The fourth-order valence-electron chi connectivity index (χ4n) is 2.23. The molecule has 1 saturated heterocycles. The summed E-state index contributed by atoms with van der Waals surface area (Å²) in [5.74, 6) is -0.722. The van der Waals surface area contributed by atoms with E-state index in [1.807, 2.05) is 13.0 Å². The molecule has 0 unspecified atom stereocenters. The molecule has 1 heterocycles. The van der Waals surface area contributed by atoms with Crippen LogP contribution in [0.3, 0.4) is 0 Å². The van der Waals surface area contributed by atoms with Gasteiger partial charge in [0.2, 0.25) is 0 Å². The minimum absolute atomic E-state index is 0.201. The number of phenolic OH excluding ortho intramolecular Hbond substituents is 1. The fourth-order valence-corrected chi connectivity index (χ4v) is 2.23. The van der Waals surface area contributed by atoms with Gasteiger partial charge in [0.05, 0.1) is 0 Å². The van der Waals surface area contributed by atoms with Gasteiger partial charge in [-0.2, -0.15) is 0 Å². The molecule has 1 aliphatic rings. The Hall–Kier alpha value is -1.13. The first-order valence-corrected chi connectivity index (χ1v) is 6.08. The van der Waals surface area contributed by atoms with E-state index < -0.39 is 5.82 Å². The number of phenols is 1. The number of nitrogens with zero attached hydrogens (tertiary/aromatic N) is 1. The molecular formula is C13H19FN2O. The minimum atomic E-state index is -0.520. The minimum Gasteiger partial charge on any atom is -0.505 e. The smallest absolute Gasteiger partial charge is 0.165 e. The largest absolute Gasteiger partial charge is 0.505 e. The number of halogens is 1. The molecule has 17 heavy (non-hydrogen) atoms. The van der Waals surface area contributed by atoms with E-state index in [4.69, 9.17) is 0 Å². The topological polar surface area (TPSA) is 35.5 Å². The second-order valence-electron chi connectivity index (χ2n) is 4.63. The summed E-state index contributed by atoms with van der Waals surface area (Å²) in [7, 11) is 0. The van der Waals surface area contributed by atoms with Crippen molar-refractivity contribution in [2.24, 2.45) is 0 Å². The van der Waals surface area contributed by atoms with Crippen molar-refractivity contribution in [3.05, 3.63) is 29.1 Å². The van der Waals surface area contributed by atoms with Gasteiger partial charge in [0.25, 0.3) is 0 Å². The molecule has 1 aromatic carbocycles. The standard InChI is InChI=1S/C13H19FN2O/c1-10-7-11(13(17)12(14)8-10)9-16-5-2-3-15-4-6-16/h7-8,15,17H,2-6,9H2,1H3. The average Bonchev–Trinajstić information content (AvgIpc) is 2.54. The number of aryl methyl sites for hydroxylation is 1. The lowest BCUT2D eigenvalue weighted by Crippen LogP contribution is -2.27. The van der Waals surface area contributed by atoms with Crippen LogP contribution < -0.4 is 5.32 Å². The number of hydrogen-bond acceptors (Lipinski definition) is 3. The number of rotatable bonds is 2. The lowest BCUT2D eigenvalue weighted by Gasteiger charge is -2.20. The molecule has 0 aromatic heterocycles. The zero-order chi connectivity index (χ0) is 12.3. The quantitative estimate of drug-likeness (QED) is 0.822. The van der Waals surface area contributed by atoms with Gasteiger partial charge < -0.3 is 10.4 Å². The SMILES string of the molecule is Cc1cc(F)c(O)c(CN2CCCNCC2)c1. The molecule has 94 valence electrons. The highest BCUT2D eigenvalue weighted by atomic mass is 19.1. The van der Waals surface area contributed by atoms with E-state index in [0.717, 1.165) is 38.2 Å². The summed E-state index contributed by atoms with van der Waals surface area (Å²) in [6.45, 7) is 6.37. The van der Waals surface area contributed by atoms with Gasteiger partial charge in [-0.15, -0.1) is 0 Å². The molecule has 0 bridgehead atoms.